The summed E-state index contributed by atoms with van der Waals surface area (Å²) < 4.78 is 2.49. The highest BCUT2D eigenvalue weighted by Crippen LogP contribution is 2.29. The molecule has 1 aliphatic rings. The first-order valence-electron chi connectivity index (χ1n) is 8.28. The van der Waals surface area contributed by atoms with E-state index >= 15 is 0 Å². The van der Waals surface area contributed by atoms with Crippen LogP contribution in [0.15, 0.2) is 23.1 Å². The Morgan fingerprint density at radius 1 is 1.33 bits per heavy atom. The van der Waals surface area contributed by atoms with Gasteiger partial charge in [-0.05, 0) is 28.8 Å². The number of H-pyrrole nitrogens is 1. The largest absolute Gasteiger partial charge is 0.383 e. The maximum Gasteiger partial charge on any atom is 0.165 e. The van der Waals surface area contributed by atoms with Gasteiger partial charge in [-0.25, -0.2) is 4.98 Å². The van der Waals surface area contributed by atoms with Crippen molar-refractivity contribution in [2.75, 3.05) is 12.3 Å². The molecule has 3 heterocycles. The van der Waals surface area contributed by atoms with Crippen molar-refractivity contribution in [1.29, 1.82) is 0 Å². The van der Waals surface area contributed by atoms with Crippen LogP contribution in [0.5, 0.6) is 0 Å². The summed E-state index contributed by atoms with van der Waals surface area (Å²) in [7, 11) is 0. The van der Waals surface area contributed by atoms with Crippen LogP contribution in [0.1, 0.15) is 31.4 Å². The fourth-order valence-electron chi connectivity index (χ4n) is 3.34. The van der Waals surface area contributed by atoms with Gasteiger partial charge in [-0.2, -0.15) is 14.7 Å². The van der Waals surface area contributed by atoms with Crippen LogP contribution in [-0.2, 0) is 6.42 Å². The fraction of sp³-hybridized carbons (Fsp3) is 0.438. The lowest BCUT2D eigenvalue weighted by molar-refractivity contribution is 0.525. The highest BCUT2D eigenvalue weighted by Gasteiger charge is 2.18. The lowest BCUT2D eigenvalue weighted by atomic mass is 10.2. The standard InChI is InChI=1S/C16H20BrN7/c17-14-13(5-6-19-11-3-1-2-4-11)23-16-12(10-7-20-21-8-10)9-22-24(16)15(14)18/h7-9,11,19H,1-6,18H2,(H,20,21). The molecule has 7 nitrogen and oxygen atoms in total. The molecule has 24 heavy (non-hydrogen) atoms. The second-order valence-corrected chi connectivity index (χ2v) is 7.02. The molecule has 3 aromatic rings. The number of rotatable bonds is 5. The molecule has 0 radical (unpaired) electrons. The summed E-state index contributed by atoms with van der Waals surface area (Å²) in [5, 5.41) is 14.8. The number of nitrogens with one attached hydrogen (secondary N) is 2. The van der Waals surface area contributed by atoms with Crippen LogP contribution in [0, 0.1) is 0 Å². The summed E-state index contributed by atoms with van der Waals surface area (Å²) in [4.78, 5) is 4.81. The zero-order valence-corrected chi connectivity index (χ0v) is 14.9. The summed E-state index contributed by atoms with van der Waals surface area (Å²) >= 11 is 3.58. The van der Waals surface area contributed by atoms with E-state index < -0.39 is 0 Å². The van der Waals surface area contributed by atoms with Crippen molar-refractivity contribution in [1.82, 2.24) is 30.1 Å². The SMILES string of the molecule is Nc1c(Br)c(CCNC2CCCC2)nc2c(-c3cn[nH]c3)cnn12. The maximum absolute atomic E-state index is 6.25. The van der Waals surface area contributed by atoms with Gasteiger partial charge in [0.2, 0.25) is 0 Å². The quantitative estimate of drug-likeness (QED) is 0.622. The summed E-state index contributed by atoms with van der Waals surface area (Å²) in [6.45, 7) is 0.904. The zero-order valence-electron chi connectivity index (χ0n) is 13.3. The fourth-order valence-corrected chi connectivity index (χ4v) is 3.79. The molecule has 4 N–H and O–H groups in total. The van der Waals surface area contributed by atoms with Crippen LogP contribution in [0.3, 0.4) is 0 Å². The van der Waals surface area contributed by atoms with Crippen molar-refractivity contribution in [3.63, 3.8) is 0 Å². The second-order valence-electron chi connectivity index (χ2n) is 6.22. The maximum atomic E-state index is 6.25. The predicted octanol–water partition coefficient (Wildman–Crippen LogP) is 2.54. The minimum atomic E-state index is 0.575. The van der Waals surface area contributed by atoms with Gasteiger partial charge in [0.15, 0.2) is 5.65 Å². The predicted molar refractivity (Wildman–Crippen MR) is 96.6 cm³/mol. The van der Waals surface area contributed by atoms with Crippen LogP contribution in [0.2, 0.25) is 0 Å². The Bertz CT molecular complexity index is 834. The first-order valence-corrected chi connectivity index (χ1v) is 9.07. The molecule has 0 aromatic carbocycles. The van der Waals surface area contributed by atoms with E-state index in [0.717, 1.165) is 39.9 Å². The Hall–Kier alpha value is -1.93. The smallest absolute Gasteiger partial charge is 0.165 e. The van der Waals surface area contributed by atoms with Gasteiger partial charge in [-0.1, -0.05) is 12.8 Å². The van der Waals surface area contributed by atoms with Gasteiger partial charge in [-0.3, -0.25) is 5.10 Å². The summed E-state index contributed by atoms with van der Waals surface area (Å²) in [6, 6.07) is 0.654. The summed E-state index contributed by atoms with van der Waals surface area (Å²) in [5.41, 5.74) is 9.84. The third-order valence-corrected chi connectivity index (χ3v) is 5.51. The van der Waals surface area contributed by atoms with Crippen molar-refractivity contribution < 1.29 is 0 Å². The monoisotopic (exact) mass is 389 g/mol. The van der Waals surface area contributed by atoms with Crippen LogP contribution >= 0.6 is 15.9 Å². The summed E-state index contributed by atoms with van der Waals surface area (Å²) in [6.07, 6.45) is 11.4. The number of nitrogens with zero attached hydrogens (tertiary/aromatic N) is 4. The van der Waals surface area contributed by atoms with Crippen molar-refractivity contribution in [3.8, 4) is 11.1 Å². The van der Waals surface area contributed by atoms with Crippen molar-refractivity contribution >= 4 is 27.4 Å². The number of halogens is 1. The molecule has 0 unspecified atom stereocenters. The molecule has 1 fully saturated rings. The van der Waals surface area contributed by atoms with Gasteiger partial charge >= 0.3 is 0 Å². The van der Waals surface area contributed by atoms with E-state index in [4.69, 9.17) is 10.7 Å². The number of aromatic amines is 1. The van der Waals surface area contributed by atoms with Crippen molar-refractivity contribution in [2.45, 2.75) is 38.1 Å². The molecule has 3 aromatic heterocycles. The van der Waals surface area contributed by atoms with Crippen molar-refractivity contribution in [3.05, 3.63) is 28.8 Å². The third kappa shape index (κ3) is 2.80. The van der Waals surface area contributed by atoms with E-state index in [0.29, 0.717) is 11.9 Å². The lowest BCUT2D eigenvalue weighted by Crippen LogP contribution is -2.28. The molecule has 1 aliphatic carbocycles. The van der Waals surface area contributed by atoms with E-state index in [2.05, 4.69) is 36.5 Å². The number of fused-ring (bicyclic) bond motifs is 1. The molecular formula is C16H20BrN7. The zero-order chi connectivity index (χ0) is 16.5. The first kappa shape index (κ1) is 15.6. The molecular weight excluding hydrogens is 370 g/mol. The molecule has 0 saturated heterocycles. The molecule has 1 saturated carbocycles. The molecule has 0 atom stereocenters. The Kier molecular flexibility index (Phi) is 4.24. The second kappa shape index (κ2) is 6.52. The van der Waals surface area contributed by atoms with Gasteiger partial charge in [0.25, 0.3) is 0 Å². The molecule has 0 bridgehead atoms. The Morgan fingerprint density at radius 3 is 2.92 bits per heavy atom. The molecule has 8 heteroatoms. The minimum absolute atomic E-state index is 0.575. The molecule has 0 amide bonds. The third-order valence-electron chi connectivity index (χ3n) is 4.65. The molecule has 4 rings (SSSR count). The molecule has 0 aliphatic heterocycles. The van der Waals surface area contributed by atoms with E-state index in [1.54, 1.807) is 16.9 Å². The van der Waals surface area contributed by atoms with Crippen LogP contribution in [0.25, 0.3) is 16.8 Å². The highest BCUT2D eigenvalue weighted by molar-refractivity contribution is 9.10. The number of hydrogen-bond acceptors (Lipinski definition) is 5. The molecule has 126 valence electrons. The van der Waals surface area contributed by atoms with Gasteiger partial charge in [0.1, 0.15) is 5.82 Å². The van der Waals surface area contributed by atoms with Gasteiger partial charge in [0.05, 0.1) is 22.6 Å². The first-order chi connectivity index (χ1) is 11.7. The van der Waals surface area contributed by atoms with E-state index in [1.165, 1.54) is 25.7 Å². The van der Waals surface area contributed by atoms with Gasteiger partial charge < -0.3 is 11.1 Å². The topological polar surface area (TPSA) is 96.9 Å². The average molecular weight is 390 g/mol. The number of nitrogen functional groups attached to an aromatic ring is 1. The molecule has 0 spiro atoms. The Balaban J connectivity index is 1.62. The Labute approximate surface area is 148 Å². The van der Waals surface area contributed by atoms with Crippen LogP contribution in [0.4, 0.5) is 5.82 Å². The number of anilines is 1. The summed E-state index contributed by atoms with van der Waals surface area (Å²) in [5.74, 6) is 0.575. The number of hydrogen-bond donors (Lipinski definition) is 3. The Morgan fingerprint density at radius 2 is 2.17 bits per heavy atom. The normalized spacial score (nSPS) is 15.5. The number of aromatic nitrogens is 5. The average Bonchev–Trinajstić information content (AvgIpc) is 3.32. The highest BCUT2D eigenvalue weighted by atomic mass is 79.9. The van der Waals surface area contributed by atoms with Crippen LogP contribution in [-0.4, -0.2) is 37.4 Å². The van der Waals surface area contributed by atoms with E-state index in [1.807, 2.05) is 6.20 Å². The van der Waals surface area contributed by atoms with Crippen LogP contribution < -0.4 is 11.1 Å². The van der Waals surface area contributed by atoms with E-state index in [-0.39, 0.29) is 0 Å². The van der Waals surface area contributed by atoms with Crippen molar-refractivity contribution in [2.24, 2.45) is 0 Å². The minimum Gasteiger partial charge on any atom is -0.383 e. The number of nitrogens with two attached hydrogens (primary N) is 1. The lowest BCUT2D eigenvalue weighted by Gasteiger charge is -2.13. The van der Waals surface area contributed by atoms with Gasteiger partial charge in [-0.15, -0.1) is 0 Å². The van der Waals surface area contributed by atoms with Gasteiger partial charge in [0, 0.05) is 36.3 Å². The van der Waals surface area contributed by atoms with E-state index in [9.17, 15) is 0 Å².